The Morgan fingerprint density at radius 1 is 1.40 bits per heavy atom. The second-order valence-electron chi connectivity index (χ2n) is 5.02. The van der Waals surface area contributed by atoms with Crippen LogP contribution < -0.4 is 9.47 Å². The number of ether oxygens (including phenoxy) is 3. The van der Waals surface area contributed by atoms with Gasteiger partial charge in [0.1, 0.15) is 6.20 Å². The number of carbonyl (C=O) groups excluding carboxylic acids is 1. The van der Waals surface area contributed by atoms with E-state index in [0.29, 0.717) is 11.5 Å². The van der Waals surface area contributed by atoms with Crippen LogP contribution in [0.25, 0.3) is 12.2 Å². The highest BCUT2D eigenvalue weighted by molar-refractivity contribution is 5.94. The number of rotatable bonds is 5. The first-order valence-corrected chi connectivity index (χ1v) is 7.48. The second-order valence-corrected chi connectivity index (χ2v) is 5.02. The molecule has 2 aromatic rings. The average Bonchev–Trinajstić information content (AvgIpc) is 3.09. The van der Waals surface area contributed by atoms with Gasteiger partial charge in [0.25, 0.3) is 5.69 Å². The number of nitrogens with zero attached hydrogens (tertiary/aromatic N) is 2. The van der Waals surface area contributed by atoms with Crippen LogP contribution in [0.3, 0.4) is 0 Å². The van der Waals surface area contributed by atoms with Gasteiger partial charge in [0.2, 0.25) is 6.79 Å². The molecule has 0 fully saturated rings. The highest BCUT2D eigenvalue weighted by Crippen LogP contribution is 2.36. The summed E-state index contributed by atoms with van der Waals surface area (Å²) in [5.74, 6) is 0.555. The summed E-state index contributed by atoms with van der Waals surface area (Å²) >= 11 is 0. The van der Waals surface area contributed by atoms with E-state index in [4.69, 9.17) is 14.2 Å². The lowest BCUT2D eigenvalue weighted by Crippen LogP contribution is -2.08. The summed E-state index contributed by atoms with van der Waals surface area (Å²) in [7, 11) is 0. The molecule has 0 radical (unpaired) electrons. The highest BCUT2D eigenvalue weighted by atomic mass is 16.7. The molecule has 0 saturated heterocycles. The van der Waals surface area contributed by atoms with Gasteiger partial charge in [-0.1, -0.05) is 12.1 Å². The van der Waals surface area contributed by atoms with Crippen molar-refractivity contribution in [1.29, 1.82) is 0 Å². The molecular formula is C17H14N2O6. The van der Waals surface area contributed by atoms with E-state index in [2.05, 4.69) is 4.98 Å². The summed E-state index contributed by atoms with van der Waals surface area (Å²) < 4.78 is 15.7. The van der Waals surface area contributed by atoms with Gasteiger partial charge in [-0.05, 0) is 25.1 Å². The predicted molar refractivity (Wildman–Crippen MR) is 88.3 cm³/mol. The Hall–Kier alpha value is -3.42. The number of aromatic nitrogens is 1. The Labute approximate surface area is 142 Å². The number of benzene rings is 1. The van der Waals surface area contributed by atoms with Gasteiger partial charge in [0.15, 0.2) is 11.5 Å². The van der Waals surface area contributed by atoms with Crippen molar-refractivity contribution in [3.05, 3.63) is 57.4 Å². The molecule has 128 valence electrons. The Kier molecular flexibility index (Phi) is 4.60. The fourth-order valence-electron chi connectivity index (χ4n) is 2.32. The fourth-order valence-corrected chi connectivity index (χ4v) is 2.32. The van der Waals surface area contributed by atoms with Crippen molar-refractivity contribution in [3.8, 4) is 11.5 Å². The van der Waals surface area contributed by atoms with Gasteiger partial charge in [-0.15, -0.1) is 0 Å². The first kappa shape index (κ1) is 16.4. The number of hydrogen-bond donors (Lipinski definition) is 0. The zero-order valence-corrected chi connectivity index (χ0v) is 13.3. The van der Waals surface area contributed by atoms with Gasteiger partial charge in [-0.2, -0.15) is 0 Å². The predicted octanol–water partition coefficient (Wildman–Crippen LogP) is 3.07. The van der Waals surface area contributed by atoms with E-state index in [1.807, 2.05) is 12.1 Å². The van der Waals surface area contributed by atoms with Gasteiger partial charge in [-0.3, -0.25) is 10.1 Å². The van der Waals surface area contributed by atoms with Crippen molar-refractivity contribution >= 4 is 23.8 Å². The number of esters is 1. The molecule has 0 unspecified atom stereocenters. The molecular weight excluding hydrogens is 328 g/mol. The standard InChI is InChI=1S/C17H14N2O6/c1-2-23-17(20)13-8-12(19(21)22)9-18-14(13)7-6-11-4-3-5-15-16(11)25-10-24-15/h3-9H,2,10H2,1H3/b7-6-. The summed E-state index contributed by atoms with van der Waals surface area (Å²) in [4.78, 5) is 26.4. The molecule has 2 heterocycles. The summed E-state index contributed by atoms with van der Waals surface area (Å²) in [6.45, 7) is 1.95. The van der Waals surface area contributed by atoms with E-state index in [1.165, 1.54) is 0 Å². The van der Waals surface area contributed by atoms with Crippen LogP contribution in [-0.4, -0.2) is 29.3 Å². The third-order valence-electron chi connectivity index (χ3n) is 3.46. The summed E-state index contributed by atoms with van der Waals surface area (Å²) in [5.41, 5.74) is 0.750. The first-order valence-electron chi connectivity index (χ1n) is 7.48. The molecule has 0 bridgehead atoms. The molecule has 0 N–H and O–H groups in total. The molecule has 8 nitrogen and oxygen atoms in total. The van der Waals surface area contributed by atoms with Crippen LogP contribution >= 0.6 is 0 Å². The number of fused-ring (bicyclic) bond motifs is 1. The van der Waals surface area contributed by atoms with E-state index in [-0.39, 0.29) is 30.3 Å². The quantitative estimate of drug-likeness (QED) is 0.467. The SMILES string of the molecule is CCOC(=O)c1cc([N+](=O)[O-])cnc1/C=C\c1cccc2c1OCO2. The van der Waals surface area contributed by atoms with Crippen LogP contribution in [0.5, 0.6) is 11.5 Å². The minimum Gasteiger partial charge on any atom is -0.462 e. The summed E-state index contributed by atoms with van der Waals surface area (Å²) in [6, 6.07) is 6.57. The maximum atomic E-state index is 12.1. The van der Waals surface area contributed by atoms with Crippen molar-refractivity contribution in [1.82, 2.24) is 4.98 Å². The van der Waals surface area contributed by atoms with Crippen LogP contribution in [0.4, 0.5) is 5.69 Å². The third-order valence-corrected chi connectivity index (χ3v) is 3.46. The van der Waals surface area contributed by atoms with Crippen molar-refractivity contribution in [2.45, 2.75) is 6.92 Å². The van der Waals surface area contributed by atoms with Crippen molar-refractivity contribution in [3.63, 3.8) is 0 Å². The first-order chi connectivity index (χ1) is 12.1. The fraction of sp³-hybridized carbons (Fsp3) is 0.176. The van der Waals surface area contributed by atoms with Gasteiger partial charge >= 0.3 is 5.97 Å². The molecule has 8 heteroatoms. The van der Waals surface area contributed by atoms with Crippen LogP contribution in [0.2, 0.25) is 0 Å². The van der Waals surface area contributed by atoms with E-state index >= 15 is 0 Å². The lowest BCUT2D eigenvalue weighted by Gasteiger charge is -2.05. The Morgan fingerprint density at radius 3 is 3.00 bits per heavy atom. The van der Waals surface area contributed by atoms with E-state index < -0.39 is 10.9 Å². The van der Waals surface area contributed by atoms with Gasteiger partial charge < -0.3 is 14.2 Å². The zero-order chi connectivity index (χ0) is 17.8. The van der Waals surface area contributed by atoms with Crippen LogP contribution in [0.15, 0.2) is 30.5 Å². The molecule has 1 aliphatic rings. The largest absolute Gasteiger partial charge is 0.462 e. The van der Waals surface area contributed by atoms with E-state index in [9.17, 15) is 14.9 Å². The minimum absolute atomic E-state index is 0.0250. The number of pyridine rings is 1. The van der Waals surface area contributed by atoms with Gasteiger partial charge in [0.05, 0.1) is 22.8 Å². The molecule has 0 aliphatic carbocycles. The normalized spacial score (nSPS) is 12.4. The highest BCUT2D eigenvalue weighted by Gasteiger charge is 2.19. The molecule has 0 saturated carbocycles. The molecule has 1 aromatic carbocycles. The molecule has 0 spiro atoms. The number of para-hydroxylation sites is 1. The van der Waals surface area contributed by atoms with Crippen LogP contribution in [0.1, 0.15) is 28.5 Å². The maximum Gasteiger partial charge on any atom is 0.340 e. The molecule has 1 aliphatic heterocycles. The summed E-state index contributed by atoms with van der Waals surface area (Å²) in [5, 5.41) is 10.9. The lowest BCUT2D eigenvalue weighted by atomic mass is 10.1. The average molecular weight is 342 g/mol. The Balaban J connectivity index is 1.98. The molecule has 25 heavy (non-hydrogen) atoms. The number of carbonyl (C=O) groups is 1. The van der Waals surface area contributed by atoms with E-state index in [1.54, 1.807) is 25.1 Å². The third kappa shape index (κ3) is 3.42. The molecule has 3 rings (SSSR count). The lowest BCUT2D eigenvalue weighted by molar-refractivity contribution is -0.385. The molecule has 0 atom stereocenters. The van der Waals surface area contributed by atoms with Crippen LogP contribution in [-0.2, 0) is 4.74 Å². The second kappa shape index (κ2) is 7.00. The van der Waals surface area contributed by atoms with Gasteiger partial charge in [0, 0.05) is 11.6 Å². The minimum atomic E-state index is -0.670. The smallest absolute Gasteiger partial charge is 0.340 e. The van der Waals surface area contributed by atoms with Gasteiger partial charge in [-0.25, -0.2) is 9.78 Å². The Bertz CT molecular complexity index is 862. The monoisotopic (exact) mass is 342 g/mol. The van der Waals surface area contributed by atoms with Crippen molar-refractivity contribution < 1.29 is 23.9 Å². The Morgan fingerprint density at radius 2 is 2.24 bits per heavy atom. The maximum absolute atomic E-state index is 12.1. The molecule has 0 amide bonds. The zero-order valence-electron chi connectivity index (χ0n) is 13.3. The number of hydrogen-bond acceptors (Lipinski definition) is 7. The van der Waals surface area contributed by atoms with Crippen LogP contribution in [0, 0.1) is 10.1 Å². The topological polar surface area (TPSA) is 101 Å². The molecule has 1 aromatic heterocycles. The number of nitro groups is 1. The van der Waals surface area contributed by atoms with Crippen molar-refractivity contribution in [2.75, 3.05) is 13.4 Å². The van der Waals surface area contributed by atoms with Crippen molar-refractivity contribution in [2.24, 2.45) is 0 Å². The van der Waals surface area contributed by atoms with E-state index in [0.717, 1.165) is 17.8 Å². The summed E-state index contributed by atoms with van der Waals surface area (Å²) in [6.07, 6.45) is 4.37.